The number of fused-ring (bicyclic) bond motifs is 8. The minimum atomic E-state index is 0.636. The highest BCUT2D eigenvalue weighted by Crippen LogP contribution is 2.41. The van der Waals surface area contributed by atoms with Crippen LogP contribution in [0.15, 0.2) is 179 Å². The van der Waals surface area contributed by atoms with Crippen LogP contribution >= 0.6 is 0 Å². The molecule has 0 N–H and O–H groups in total. The van der Waals surface area contributed by atoms with Crippen molar-refractivity contribution in [1.29, 1.82) is 0 Å². The van der Waals surface area contributed by atoms with Crippen molar-refractivity contribution in [3.05, 3.63) is 193 Å². The van der Waals surface area contributed by atoms with Crippen molar-refractivity contribution in [1.82, 2.24) is 15.0 Å². The second kappa shape index (κ2) is 13.7. The van der Waals surface area contributed by atoms with E-state index in [1.54, 1.807) is 6.08 Å². The fourth-order valence-electron chi connectivity index (χ4n) is 7.73. The normalized spacial score (nSPS) is 13.1. The van der Waals surface area contributed by atoms with E-state index in [0.717, 1.165) is 91.3 Å². The van der Waals surface area contributed by atoms with Crippen LogP contribution in [0.3, 0.4) is 0 Å². The summed E-state index contributed by atoms with van der Waals surface area (Å²) in [4.78, 5) is 15.2. The van der Waals surface area contributed by atoms with E-state index in [4.69, 9.17) is 23.8 Å². The Hall–Kier alpha value is -7.11. The summed E-state index contributed by atoms with van der Waals surface area (Å²) in [7, 11) is 0. The van der Waals surface area contributed by atoms with Gasteiger partial charge < -0.3 is 8.83 Å². The lowest BCUT2D eigenvalue weighted by Gasteiger charge is -2.14. The Labute approximate surface area is 318 Å². The lowest BCUT2D eigenvalue weighted by atomic mass is 9.92. The molecule has 5 heteroatoms. The topological polar surface area (TPSA) is 65.0 Å². The monoisotopic (exact) mass is 709 g/mol. The van der Waals surface area contributed by atoms with Gasteiger partial charge >= 0.3 is 0 Å². The third kappa shape index (κ3) is 5.96. The molecule has 0 saturated carbocycles. The van der Waals surface area contributed by atoms with Gasteiger partial charge in [-0.25, -0.2) is 15.0 Å². The van der Waals surface area contributed by atoms with Crippen LogP contribution in [-0.4, -0.2) is 15.0 Å². The first-order chi connectivity index (χ1) is 27.2. The van der Waals surface area contributed by atoms with Crippen LogP contribution < -0.4 is 0 Å². The molecule has 0 atom stereocenters. The Kier molecular flexibility index (Phi) is 8.11. The molecule has 5 nitrogen and oxygen atoms in total. The largest absolute Gasteiger partial charge is 0.460 e. The Bertz CT molecular complexity index is 3020. The minimum absolute atomic E-state index is 0.636. The molecule has 0 amide bonds. The highest BCUT2D eigenvalue weighted by atomic mass is 16.3. The van der Waals surface area contributed by atoms with Gasteiger partial charge in [0.1, 0.15) is 22.5 Å². The summed E-state index contributed by atoms with van der Waals surface area (Å²) in [5.74, 6) is 2.86. The highest BCUT2D eigenvalue weighted by molar-refractivity contribution is 6.19. The van der Waals surface area contributed by atoms with Gasteiger partial charge in [-0.1, -0.05) is 140 Å². The van der Waals surface area contributed by atoms with Gasteiger partial charge in [-0.15, -0.1) is 0 Å². The predicted octanol–water partition coefficient (Wildman–Crippen LogP) is 12.9. The zero-order valence-electron chi connectivity index (χ0n) is 30.1. The van der Waals surface area contributed by atoms with E-state index in [1.807, 2.05) is 48.6 Å². The van der Waals surface area contributed by atoms with Gasteiger partial charge in [0, 0.05) is 44.8 Å². The first-order valence-corrected chi connectivity index (χ1v) is 18.7. The van der Waals surface area contributed by atoms with Crippen LogP contribution in [0.5, 0.6) is 0 Å². The number of rotatable bonds is 8. The first kappa shape index (κ1) is 32.5. The average molecular weight is 710 g/mol. The van der Waals surface area contributed by atoms with E-state index in [9.17, 15) is 0 Å². The summed E-state index contributed by atoms with van der Waals surface area (Å²) in [5, 5.41) is 5.73. The summed E-state index contributed by atoms with van der Waals surface area (Å²) >= 11 is 0. The Morgan fingerprint density at radius 2 is 1.25 bits per heavy atom. The molecule has 0 fully saturated rings. The maximum absolute atomic E-state index is 6.63. The molecular formula is C50H35N3O2. The van der Waals surface area contributed by atoms with Crippen molar-refractivity contribution < 1.29 is 8.83 Å². The van der Waals surface area contributed by atoms with Gasteiger partial charge in [-0.05, 0) is 70.6 Å². The molecule has 6 aromatic carbocycles. The summed E-state index contributed by atoms with van der Waals surface area (Å²) in [6.45, 7) is 3.72. The van der Waals surface area contributed by atoms with Gasteiger partial charge in [0.25, 0.3) is 0 Å². The van der Waals surface area contributed by atoms with Gasteiger partial charge in [-0.2, -0.15) is 0 Å². The van der Waals surface area contributed by atoms with E-state index in [-0.39, 0.29) is 0 Å². The number of furan rings is 2. The second-order valence-corrected chi connectivity index (χ2v) is 13.9. The summed E-state index contributed by atoms with van der Waals surface area (Å²) in [6.07, 6.45) is 14.6. The molecule has 10 rings (SSSR count). The molecule has 1 aliphatic carbocycles. The molecule has 0 radical (unpaired) electrons. The van der Waals surface area contributed by atoms with Gasteiger partial charge in [0.15, 0.2) is 17.5 Å². The second-order valence-electron chi connectivity index (χ2n) is 13.9. The van der Waals surface area contributed by atoms with Crippen LogP contribution in [0.4, 0.5) is 0 Å². The Morgan fingerprint density at radius 1 is 0.564 bits per heavy atom. The van der Waals surface area contributed by atoms with Gasteiger partial charge in [0.05, 0.1) is 0 Å². The molecule has 55 heavy (non-hydrogen) atoms. The molecule has 3 aromatic heterocycles. The van der Waals surface area contributed by atoms with Crippen molar-refractivity contribution in [3.63, 3.8) is 0 Å². The van der Waals surface area contributed by atoms with Crippen LogP contribution in [0.25, 0.3) is 83.2 Å². The van der Waals surface area contributed by atoms with Crippen LogP contribution in [0.2, 0.25) is 0 Å². The summed E-state index contributed by atoms with van der Waals surface area (Å²) in [5.41, 5.74) is 9.86. The molecule has 0 unspecified atom stereocenters. The maximum Gasteiger partial charge on any atom is 0.164 e. The quantitative estimate of drug-likeness (QED) is 0.147. The minimum Gasteiger partial charge on any atom is -0.460 e. The number of aryl methyl sites for hydroxylation is 1. The van der Waals surface area contributed by atoms with Crippen LogP contribution in [0.1, 0.15) is 29.1 Å². The number of nitrogens with zero attached hydrogens (tertiary/aromatic N) is 3. The van der Waals surface area contributed by atoms with Gasteiger partial charge in [-0.3, -0.25) is 0 Å². The first-order valence-electron chi connectivity index (χ1n) is 18.7. The lowest BCUT2D eigenvalue weighted by Crippen LogP contribution is -2.06. The summed E-state index contributed by atoms with van der Waals surface area (Å²) < 4.78 is 13.0. The number of allylic oxidation sites excluding steroid dienone is 6. The average Bonchev–Trinajstić information content (AvgIpc) is 3.82. The Morgan fingerprint density at radius 3 is 2.05 bits per heavy atom. The standard InChI is InChI=1S/C50H35N3O2/c1-2-3-4-5-7-13-32-20-22-35(23-21-32)49-51-48(34-15-8-6-9-16-34)52-50(53-49)41-18-12-19-42-47(41)40-28-25-37(31-45(40)54-42)36-24-27-39-44(30-36)55-43-29-26-33-14-10-11-17-38(33)46(39)43/h2-11,14-18,20-31H,1,12-13,19H2/b4-3-,7-5-. The number of benzene rings is 6. The highest BCUT2D eigenvalue weighted by Gasteiger charge is 2.25. The molecular weight excluding hydrogens is 675 g/mol. The zero-order valence-corrected chi connectivity index (χ0v) is 30.1. The van der Waals surface area contributed by atoms with Crippen LogP contribution in [0, 0.1) is 0 Å². The Balaban J connectivity index is 1.02. The smallest absolute Gasteiger partial charge is 0.164 e. The predicted molar refractivity (Wildman–Crippen MR) is 225 cm³/mol. The summed E-state index contributed by atoms with van der Waals surface area (Å²) in [6, 6.07) is 44.2. The SMILES string of the molecule is C=C/C=C\C=C/Cc1ccc(-c2nc(C3=CCCc4oc5cc(-c6ccc7c(c6)oc6ccc8ccccc8c67)ccc5c43)nc(-c3ccccc3)n2)cc1. The number of hydrogen-bond acceptors (Lipinski definition) is 5. The molecule has 1 aliphatic rings. The van der Waals surface area contributed by atoms with Crippen molar-refractivity contribution in [2.45, 2.75) is 19.3 Å². The molecule has 3 heterocycles. The maximum atomic E-state index is 6.63. The molecule has 9 aromatic rings. The van der Waals surface area contributed by atoms with Crippen molar-refractivity contribution >= 4 is 49.3 Å². The molecule has 262 valence electrons. The molecule has 0 aliphatic heterocycles. The van der Waals surface area contributed by atoms with E-state index < -0.39 is 0 Å². The fraction of sp³-hybridized carbons (Fsp3) is 0.0600. The molecule has 0 bridgehead atoms. The molecule has 0 spiro atoms. The lowest BCUT2D eigenvalue weighted by molar-refractivity contribution is 0.545. The van der Waals surface area contributed by atoms with Crippen molar-refractivity contribution in [2.24, 2.45) is 0 Å². The van der Waals surface area contributed by atoms with Crippen molar-refractivity contribution in [2.75, 3.05) is 0 Å². The third-order valence-electron chi connectivity index (χ3n) is 10.4. The molecule has 0 saturated heterocycles. The van der Waals surface area contributed by atoms with Gasteiger partial charge in [0.2, 0.25) is 0 Å². The number of hydrogen-bond donors (Lipinski definition) is 0. The zero-order chi connectivity index (χ0) is 36.7. The number of aromatic nitrogens is 3. The van der Waals surface area contributed by atoms with E-state index in [0.29, 0.717) is 17.5 Å². The van der Waals surface area contributed by atoms with E-state index in [1.165, 1.54) is 16.3 Å². The third-order valence-corrected chi connectivity index (χ3v) is 10.4. The fourth-order valence-corrected chi connectivity index (χ4v) is 7.73. The van der Waals surface area contributed by atoms with E-state index in [2.05, 4.69) is 116 Å². The van der Waals surface area contributed by atoms with Crippen molar-refractivity contribution in [3.8, 4) is 33.9 Å². The van der Waals surface area contributed by atoms with E-state index >= 15 is 0 Å². The van der Waals surface area contributed by atoms with Crippen LogP contribution in [-0.2, 0) is 12.8 Å².